The van der Waals surface area contributed by atoms with Crippen LogP contribution in [0.4, 0.5) is 22.6 Å². The molecule has 0 fully saturated rings. The summed E-state index contributed by atoms with van der Waals surface area (Å²) in [5.41, 5.74) is 7.48. The van der Waals surface area contributed by atoms with E-state index in [1.807, 2.05) is 17.6 Å². The lowest BCUT2D eigenvalue weighted by atomic mass is 10.2. The van der Waals surface area contributed by atoms with E-state index in [4.69, 9.17) is 21.5 Å². The molecule has 5 N–H and O–H groups in total. The number of anilines is 3. The third kappa shape index (κ3) is 5.41. The lowest BCUT2D eigenvalue weighted by Crippen LogP contribution is -2.31. The molecule has 0 spiro atoms. The summed E-state index contributed by atoms with van der Waals surface area (Å²) >= 11 is 5.83. The minimum Gasteiger partial charge on any atom is -0.449 e. The van der Waals surface area contributed by atoms with E-state index in [0.717, 1.165) is 5.56 Å². The van der Waals surface area contributed by atoms with Gasteiger partial charge in [0, 0.05) is 11.6 Å². The third-order valence-electron chi connectivity index (χ3n) is 2.65. The van der Waals surface area contributed by atoms with Gasteiger partial charge in [0.25, 0.3) is 5.95 Å². The van der Waals surface area contributed by atoms with Crippen LogP contribution in [0.3, 0.4) is 0 Å². The van der Waals surface area contributed by atoms with Crippen LogP contribution in [0.5, 0.6) is 0 Å². The highest BCUT2D eigenvalue weighted by Crippen LogP contribution is 2.12. The molecule has 24 heavy (non-hydrogen) atoms. The van der Waals surface area contributed by atoms with Gasteiger partial charge in [-0.25, -0.2) is 15.7 Å². The molecule has 128 valence electrons. The van der Waals surface area contributed by atoms with Crippen molar-refractivity contribution in [1.82, 2.24) is 20.4 Å². The Bertz CT molecular complexity index is 684. The Morgan fingerprint density at radius 3 is 2.50 bits per heavy atom. The highest BCUT2D eigenvalue weighted by Gasteiger charge is 2.07. The quantitative estimate of drug-likeness (QED) is 0.474. The number of amides is 1. The first-order chi connectivity index (χ1) is 11.6. The summed E-state index contributed by atoms with van der Waals surface area (Å²) in [6.07, 6.45) is -0.688. The fourth-order valence-electron chi connectivity index (χ4n) is 1.62. The monoisotopic (exact) mass is 353 g/mol. The third-order valence-corrected chi connectivity index (χ3v) is 2.90. The van der Waals surface area contributed by atoms with Crippen LogP contribution in [0.1, 0.15) is 12.5 Å². The number of hydrogen-bond acceptors (Lipinski definition) is 9. The summed E-state index contributed by atoms with van der Waals surface area (Å²) in [7, 11) is 0. The molecule has 0 unspecified atom stereocenters. The van der Waals surface area contributed by atoms with Gasteiger partial charge in [-0.05, 0) is 24.6 Å². The highest BCUT2D eigenvalue weighted by molar-refractivity contribution is 6.30. The maximum absolute atomic E-state index is 11.2. The number of halogens is 1. The van der Waals surface area contributed by atoms with Gasteiger partial charge in [0.1, 0.15) is 0 Å². The molecule has 0 aliphatic heterocycles. The molecule has 1 heterocycles. The van der Waals surface area contributed by atoms with Gasteiger partial charge in [0.2, 0.25) is 11.9 Å². The number of hydrogen-bond donors (Lipinski definition) is 5. The van der Waals surface area contributed by atoms with Gasteiger partial charge in [0.15, 0.2) is 0 Å². The van der Waals surface area contributed by atoms with Gasteiger partial charge in [-0.1, -0.05) is 23.7 Å². The zero-order valence-corrected chi connectivity index (χ0v) is 13.5. The molecule has 11 heteroatoms. The van der Waals surface area contributed by atoms with E-state index in [1.54, 1.807) is 19.1 Å². The standard InChI is InChI=1S/C13H16ClN7O3/c1-2-24-13(22)20-19-11-16-10(17-12(18-11)21-23)15-7-8-3-5-9(14)6-4-8/h3-6,23H,2,7H2,1H3,(H,20,22)(H3,15,16,17,18,19,21). The Kier molecular flexibility index (Phi) is 6.34. The second-order valence-corrected chi connectivity index (χ2v) is 4.80. The molecule has 2 aromatic rings. The number of carbonyl (C=O) groups is 1. The predicted octanol–water partition coefficient (Wildman–Crippen LogP) is 2.01. The molecule has 0 aliphatic carbocycles. The maximum atomic E-state index is 11.2. The van der Waals surface area contributed by atoms with E-state index in [2.05, 4.69) is 31.1 Å². The Balaban J connectivity index is 2.01. The fourth-order valence-corrected chi connectivity index (χ4v) is 1.74. The normalized spacial score (nSPS) is 9.96. The molecule has 0 atom stereocenters. The SMILES string of the molecule is CCOC(=O)NNc1nc(NO)nc(NCc2ccc(Cl)cc2)n1. The van der Waals surface area contributed by atoms with Gasteiger partial charge >= 0.3 is 6.09 Å². The molecule has 0 radical (unpaired) electrons. The lowest BCUT2D eigenvalue weighted by molar-refractivity contribution is 0.154. The van der Waals surface area contributed by atoms with Crippen LogP contribution in [-0.2, 0) is 11.3 Å². The largest absolute Gasteiger partial charge is 0.449 e. The van der Waals surface area contributed by atoms with Crippen molar-refractivity contribution in [3.63, 3.8) is 0 Å². The van der Waals surface area contributed by atoms with Gasteiger partial charge in [0.05, 0.1) is 6.61 Å². The zero-order valence-electron chi connectivity index (χ0n) is 12.7. The molecule has 2 rings (SSSR count). The lowest BCUT2D eigenvalue weighted by Gasteiger charge is -2.10. The van der Waals surface area contributed by atoms with Crippen LogP contribution in [0.2, 0.25) is 5.02 Å². The number of aromatic nitrogens is 3. The number of carbonyl (C=O) groups excluding carboxylic acids is 1. The van der Waals surface area contributed by atoms with E-state index in [9.17, 15) is 4.79 Å². The van der Waals surface area contributed by atoms with E-state index in [1.165, 1.54) is 0 Å². The summed E-state index contributed by atoms with van der Waals surface area (Å²) in [5.74, 6) is 0.0923. The highest BCUT2D eigenvalue weighted by atomic mass is 35.5. The van der Waals surface area contributed by atoms with Gasteiger partial charge in [-0.15, -0.1) is 0 Å². The van der Waals surface area contributed by atoms with Crippen molar-refractivity contribution in [3.05, 3.63) is 34.9 Å². The Morgan fingerprint density at radius 1 is 1.17 bits per heavy atom. The summed E-state index contributed by atoms with van der Waals surface area (Å²) < 4.78 is 4.69. The van der Waals surface area contributed by atoms with Crippen molar-refractivity contribution in [2.75, 3.05) is 22.8 Å². The van der Waals surface area contributed by atoms with Gasteiger partial charge in [-0.3, -0.25) is 10.6 Å². The van der Waals surface area contributed by atoms with Gasteiger partial charge in [-0.2, -0.15) is 15.0 Å². The van der Waals surface area contributed by atoms with E-state index < -0.39 is 6.09 Å². The Morgan fingerprint density at radius 2 is 1.83 bits per heavy atom. The van der Waals surface area contributed by atoms with E-state index in [0.29, 0.717) is 11.6 Å². The number of rotatable bonds is 7. The van der Waals surface area contributed by atoms with Crippen LogP contribution < -0.4 is 21.6 Å². The smallest absolute Gasteiger partial charge is 0.426 e. The number of hydrazine groups is 1. The molecule has 0 bridgehead atoms. The second-order valence-electron chi connectivity index (χ2n) is 4.37. The van der Waals surface area contributed by atoms with Crippen LogP contribution in [0.15, 0.2) is 24.3 Å². The van der Waals surface area contributed by atoms with Crippen molar-refractivity contribution in [3.8, 4) is 0 Å². The molecular formula is C13H16ClN7O3. The Labute approximate surface area is 142 Å². The first kappa shape index (κ1) is 17.5. The van der Waals surface area contributed by atoms with Crippen LogP contribution in [-0.4, -0.2) is 32.9 Å². The molecule has 1 amide bonds. The number of nitrogens with one attached hydrogen (secondary N) is 4. The van der Waals surface area contributed by atoms with Crippen molar-refractivity contribution in [1.29, 1.82) is 0 Å². The summed E-state index contributed by atoms with van der Waals surface area (Å²) in [4.78, 5) is 23.1. The predicted molar refractivity (Wildman–Crippen MR) is 87.8 cm³/mol. The molecule has 0 saturated carbocycles. The maximum Gasteiger partial charge on any atom is 0.426 e. The summed E-state index contributed by atoms with van der Waals surface area (Å²) in [6, 6.07) is 7.23. The van der Waals surface area contributed by atoms with Crippen molar-refractivity contribution in [2.24, 2.45) is 0 Å². The topological polar surface area (TPSA) is 133 Å². The van der Waals surface area contributed by atoms with E-state index in [-0.39, 0.29) is 24.5 Å². The summed E-state index contributed by atoms with van der Waals surface area (Å²) in [6.45, 7) is 2.33. The zero-order chi connectivity index (χ0) is 17.4. The second kappa shape index (κ2) is 8.70. The average molecular weight is 354 g/mol. The van der Waals surface area contributed by atoms with Crippen molar-refractivity contribution < 1.29 is 14.7 Å². The van der Waals surface area contributed by atoms with Crippen LogP contribution in [0, 0.1) is 0 Å². The summed E-state index contributed by atoms with van der Waals surface area (Å²) in [5, 5.41) is 12.6. The molecular weight excluding hydrogens is 338 g/mol. The fraction of sp³-hybridized carbons (Fsp3) is 0.231. The molecule has 0 saturated heterocycles. The molecule has 1 aromatic carbocycles. The molecule has 0 aliphatic rings. The minimum atomic E-state index is -0.688. The number of ether oxygens (including phenoxy) is 1. The van der Waals surface area contributed by atoms with Crippen molar-refractivity contribution in [2.45, 2.75) is 13.5 Å². The van der Waals surface area contributed by atoms with Crippen LogP contribution in [0.25, 0.3) is 0 Å². The number of benzene rings is 1. The van der Waals surface area contributed by atoms with E-state index >= 15 is 0 Å². The minimum absolute atomic E-state index is 0.00760. The van der Waals surface area contributed by atoms with Crippen LogP contribution >= 0.6 is 11.6 Å². The number of nitrogens with zero attached hydrogens (tertiary/aromatic N) is 3. The van der Waals surface area contributed by atoms with Gasteiger partial charge < -0.3 is 10.1 Å². The Hall–Kier alpha value is -2.85. The first-order valence-electron chi connectivity index (χ1n) is 6.94. The van der Waals surface area contributed by atoms with Crippen molar-refractivity contribution >= 4 is 35.5 Å². The molecule has 10 nitrogen and oxygen atoms in total. The first-order valence-corrected chi connectivity index (χ1v) is 7.31. The average Bonchev–Trinajstić information content (AvgIpc) is 2.59. The molecule has 1 aromatic heterocycles.